The molecule has 148 valence electrons. The van der Waals surface area contributed by atoms with Gasteiger partial charge in [0.05, 0.1) is 27.5 Å². The Morgan fingerprint density at radius 1 is 0.964 bits per heavy atom. The van der Waals surface area contributed by atoms with Crippen molar-refractivity contribution in [3.8, 4) is 0 Å². The molecular formula is C19H15Cl2F3N2O2. The van der Waals surface area contributed by atoms with Crippen LogP contribution < -0.4 is 10.6 Å². The van der Waals surface area contributed by atoms with Gasteiger partial charge < -0.3 is 10.6 Å². The summed E-state index contributed by atoms with van der Waals surface area (Å²) in [6, 6.07) is 7.01. The van der Waals surface area contributed by atoms with Crippen molar-refractivity contribution in [2.45, 2.75) is 25.4 Å². The molecule has 2 amide bonds. The standard InChI is InChI=1S/C19H15Cl2F3N2O2/c20-12-5-7-15(25-17(27)10-2-1-3-10)13(9-12)18(28)26-16-6-4-11(8-14(16)21)19(22,23)24/h4-10H,1-3H2,(H,25,27)(H,26,28). The van der Waals surface area contributed by atoms with Crippen molar-refractivity contribution in [3.05, 3.63) is 57.6 Å². The highest BCUT2D eigenvalue weighted by molar-refractivity contribution is 6.34. The molecule has 0 aliphatic heterocycles. The predicted octanol–water partition coefficient (Wildman–Crippen LogP) is 6.00. The first-order chi connectivity index (χ1) is 13.1. The second-order valence-corrected chi connectivity index (χ2v) is 7.30. The zero-order valence-corrected chi connectivity index (χ0v) is 15.9. The van der Waals surface area contributed by atoms with E-state index in [1.807, 2.05) is 0 Å². The Bertz CT molecular complexity index is 928. The van der Waals surface area contributed by atoms with E-state index >= 15 is 0 Å². The summed E-state index contributed by atoms with van der Waals surface area (Å²) in [4.78, 5) is 24.8. The number of amides is 2. The van der Waals surface area contributed by atoms with Gasteiger partial charge in [-0.15, -0.1) is 0 Å². The van der Waals surface area contributed by atoms with Crippen molar-refractivity contribution in [3.63, 3.8) is 0 Å². The maximum atomic E-state index is 12.7. The minimum atomic E-state index is -4.54. The minimum absolute atomic E-state index is 0.0101. The zero-order chi connectivity index (χ0) is 20.5. The molecule has 1 aliphatic carbocycles. The van der Waals surface area contributed by atoms with Crippen LogP contribution in [0, 0.1) is 5.92 Å². The van der Waals surface area contributed by atoms with E-state index in [2.05, 4.69) is 10.6 Å². The molecule has 0 heterocycles. The van der Waals surface area contributed by atoms with Gasteiger partial charge >= 0.3 is 6.18 Å². The van der Waals surface area contributed by atoms with Gasteiger partial charge in [-0.25, -0.2) is 0 Å². The quantitative estimate of drug-likeness (QED) is 0.624. The van der Waals surface area contributed by atoms with Crippen LogP contribution in [0.25, 0.3) is 0 Å². The summed E-state index contributed by atoms with van der Waals surface area (Å²) in [6.07, 6.45) is -1.97. The molecule has 3 rings (SSSR count). The van der Waals surface area contributed by atoms with Crippen LogP contribution in [-0.2, 0) is 11.0 Å². The van der Waals surface area contributed by atoms with Gasteiger partial charge in [-0.05, 0) is 49.2 Å². The first-order valence-electron chi connectivity index (χ1n) is 8.43. The van der Waals surface area contributed by atoms with Crippen molar-refractivity contribution in [2.75, 3.05) is 10.6 Å². The lowest BCUT2D eigenvalue weighted by atomic mass is 9.85. The Balaban J connectivity index is 1.82. The largest absolute Gasteiger partial charge is 0.416 e. The van der Waals surface area contributed by atoms with E-state index in [0.29, 0.717) is 0 Å². The van der Waals surface area contributed by atoms with Gasteiger partial charge in [0.25, 0.3) is 5.91 Å². The SMILES string of the molecule is O=C(Nc1ccc(C(F)(F)F)cc1Cl)c1cc(Cl)ccc1NC(=O)C1CCC1. The molecule has 0 saturated heterocycles. The highest BCUT2D eigenvalue weighted by Crippen LogP contribution is 2.34. The van der Waals surface area contributed by atoms with E-state index in [9.17, 15) is 22.8 Å². The Kier molecular flexibility index (Phi) is 5.86. The average molecular weight is 431 g/mol. The third-order valence-corrected chi connectivity index (χ3v) is 5.05. The second kappa shape index (κ2) is 8.01. The fraction of sp³-hybridized carbons (Fsp3) is 0.263. The average Bonchev–Trinajstić information content (AvgIpc) is 2.55. The zero-order valence-electron chi connectivity index (χ0n) is 14.4. The van der Waals surface area contributed by atoms with Crippen molar-refractivity contribution in [1.82, 2.24) is 0 Å². The Morgan fingerprint density at radius 2 is 1.64 bits per heavy atom. The number of carbonyl (C=O) groups excluding carboxylic acids is 2. The molecule has 0 aromatic heterocycles. The second-order valence-electron chi connectivity index (χ2n) is 6.45. The van der Waals surface area contributed by atoms with Gasteiger partial charge in [-0.3, -0.25) is 9.59 Å². The molecular weight excluding hydrogens is 416 g/mol. The number of alkyl halides is 3. The maximum absolute atomic E-state index is 12.7. The number of carbonyl (C=O) groups is 2. The summed E-state index contributed by atoms with van der Waals surface area (Å²) in [7, 11) is 0. The Hall–Kier alpha value is -2.25. The first-order valence-corrected chi connectivity index (χ1v) is 9.19. The first kappa shape index (κ1) is 20.5. The number of nitrogens with one attached hydrogen (secondary N) is 2. The smallest absolute Gasteiger partial charge is 0.325 e. The Morgan fingerprint density at radius 3 is 2.21 bits per heavy atom. The monoisotopic (exact) mass is 430 g/mol. The van der Waals surface area contributed by atoms with Gasteiger partial charge in [-0.1, -0.05) is 29.6 Å². The molecule has 1 saturated carbocycles. The molecule has 0 radical (unpaired) electrons. The molecule has 2 aromatic rings. The van der Waals surface area contributed by atoms with E-state index in [1.165, 1.54) is 18.2 Å². The van der Waals surface area contributed by atoms with Gasteiger partial charge in [0, 0.05) is 10.9 Å². The lowest BCUT2D eigenvalue weighted by Gasteiger charge is -2.24. The van der Waals surface area contributed by atoms with Gasteiger partial charge in [0.1, 0.15) is 0 Å². The minimum Gasteiger partial charge on any atom is -0.325 e. The summed E-state index contributed by atoms with van der Waals surface area (Å²) >= 11 is 11.8. The lowest BCUT2D eigenvalue weighted by molar-refractivity contribution is -0.137. The predicted molar refractivity (Wildman–Crippen MR) is 102 cm³/mol. The Labute approximate surface area is 169 Å². The van der Waals surface area contributed by atoms with Crippen LogP contribution in [0.5, 0.6) is 0 Å². The molecule has 0 unspecified atom stereocenters. The number of benzene rings is 2. The third-order valence-electron chi connectivity index (χ3n) is 4.50. The van der Waals surface area contributed by atoms with E-state index in [-0.39, 0.29) is 38.8 Å². The van der Waals surface area contributed by atoms with Crippen LogP contribution in [0.4, 0.5) is 24.5 Å². The van der Waals surface area contributed by atoms with Crippen LogP contribution in [0.15, 0.2) is 36.4 Å². The number of halogens is 5. The number of hydrogen-bond donors (Lipinski definition) is 2. The van der Waals surface area contributed by atoms with Gasteiger partial charge in [0.15, 0.2) is 0 Å². The molecule has 4 nitrogen and oxygen atoms in total. The maximum Gasteiger partial charge on any atom is 0.416 e. The molecule has 0 spiro atoms. The van der Waals surface area contributed by atoms with Crippen molar-refractivity contribution >= 4 is 46.4 Å². The topological polar surface area (TPSA) is 58.2 Å². The van der Waals surface area contributed by atoms with E-state index in [0.717, 1.165) is 37.5 Å². The summed E-state index contributed by atoms with van der Waals surface area (Å²) < 4.78 is 38.2. The number of rotatable bonds is 4. The molecule has 2 aromatic carbocycles. The molecule has 9 heteroatoms. The fourth-order valence-corrected chi connectivity index (χ4v) is 3.10. The summed E-state index contributed by atoms with van der Waals surface area (Å²) in [5.41, 5.74) is -0.569. The van der Waals surface area contributed by atoms with Crippen LogP contribution in [-0.4, -0.2) is 11.8 Å². The number of hydrogen-bond acceptors (Lipinski definition) is 2. The van der Waals surface area contributed by atoms with E-state index in [4.69, 9.17) is 23.2 Å². The normalized spacial score (nSPS) is 14.3. The van der Waals surface area contributed by atoms with Crippen molar-refractivity contribution in [1.29, 1.82) is 0 Å². The van der Waals surface area contributed by atoms with E-state index in [1.54, 1.807) is 0 Å². The molecule has 2 N–H and O–H groups in total. The molecule has 1 fully saturated rings. The van der Waals surface area contributed by atoms with Gasteiger partial charge in [-0.2, -0.15) is 13.2 Å². The number of anilines is 2. The lowest BCUT2D eigenvalue weighted by Crippen LogP contribution is -2.29. The van der Waals surface area contributed by atoms with Crippen LogP contribution in [0.3, 0.4) is 0 Å². The molecule has 0 atom stereocenters. The van der Waals surface area contributed by atoms with Crippen molar-refractivity contribution in [2.24, 2.45) is 5.92 Å². The molecule has 0 bridgehead atoms. The highest BCUT2D eigenvalue weighted by Gasteiger charge is 2.31. The third kappa shape index (κ3) is 4.59. The summed E-state index contributed by atoms with van der Waals surface area (Å²) in [5, 5.41) is 5.17. The van der Waals surface area contributed by atoms with Gasteiger partial charge in [0.2, 0.25) is 5.91 Å². The van der Waals surface area contributed by atoms with Crippen LogP contribution >= 0.6 is 23.2 Å². The molecule has 1 aliphatic rings. The fourth-order valence-electron chi connectivity index (χ4n) is 2.70. The van der Waals surface area contributed by atoms with Crippen LogP contribution in [0.2, 0.25) is 10.0 Å². The summed E-state index contributed by atoms with van der Waals surface area (Å²) in [6.45, 7) is 0. The highest BCUT2D eigenvalue weighted by atomic mass is 35.5. The summed E-state index contributed by atoms with van der Waals surface area (Å²) in [5.74, 6) is -0.931. The van der Waals surface area contributed by atoms with Crippen LogP contribution in [0.1, 0.15) is 35.2 Å². The van der Waals surface area contributed by atoms with E-state index < -0.39 is 17.6 Å². The molecule has 28 heavy (non-hydrogen) atoms. The van der Waals surface area contributed by atoms with Crippen molar-refractivity contribution < 1.29 is 22.8 Å².